The van der Waals surface area contributed by atoms with Crippen molar-refractivity contribution >= 4 is 11.7 Å². The molecule has 1 atom stereocenters. The van der Waals surface area contributed by atoms with Crippen molar-refractivity contribution in [2.24, 2.45) is 11.8 Å². The van der Waals surface area contributed by atoms with Gasteiger partial charge >= 0.3 is 6.03 Å². The first kappa shape index (κ1) is 25.6. The van der Waals surface area contributed by atoms with Gasteiger partial charge in [-0.05, 0) is 82.9 Å². The number of hydrogen-bond acceptors (Lipinski definition) is 5. The molecule has 1 unspecified atom stereocenters. The summed E-state index contributed by atoms with van der Waals surface area (Å²) in [5.74, 6) is 1.32. The molecule has 38 heavy (non-hydrogen) atoms. The standard InChI is InChI=1S/C31H44N6O/c1-34(2)22-31(26-6-4-3-5-7-26)14-10-25(11-15-31)29-21-36(30(38)37(29)20-24-8-9-24)27-12-16-35(17-13-27)28-18-32-23-33-19-28/h3-7,18-19,23-25,27,29H,8-17,20-22H2,1-2H3. The first-order valence-electron chi connectivity index (χ1n) is 14.8. The van der Waals surface area contributed by atoms with Crippen LogP contribution in [0.25, 0.3) is 0 Å². The molecule has 6 rings (SSSR count). The van der Waals surface area contributed by atoms with E-state index in [1.807, 2.05) is 12.4 Å². The van der Waals surface area contributed by atoms with Crippen LogP contribution in [0.15, 0.2) is 49.1 Å². The van der Waals surface area contributed by atoms with E-state index in [9.17, 15) is 4.79 Å². The van der Waals surface area contributed by atoms with Crippen LogP contribution in [0, 0.1) is 11.8 Å². The van der Waals surface area contributed by atoms with Crippen molar-refractivity contribution in [2.45, 2.75) is 68.9 Å². The highest BCUT2D eigenvalue weighted by Crippen LogP contribution is 2.45. The number of carbonyl (C=O) groups is 1. The number of hydrogen-bond donors (Lipinski definition) is 0. The Bertz CT molecular complexity index is 1060. The van der Waals surface area contributed by atoms with Crippen LogP contribution in [0.5, 0.6) is 0 Å². The number of carbonyl (C=O) groups excluding carboxylic acids is 1. The molecule has 3 heterocycles. The Kier molecular flexibility index (Phi) is 7.30. The van der Waals surface area contributed by atoms with Crippen molar-refractivity contribution in [2.75, 3.05) is 51.7 Å². The molecule has 0 spiro atoms. The van der Waals surface area contributed by atoms with Gasteiger partial charge in [0.2, 0.25) is 0 Å². The Balaban J connectivity index is 1.14. The molecule has 7 heteroatoms. The van der Waals surface area contributed by atoms with Crippen LogP contribution >= 0.6 is 0 Å². The molecular weight excluding hydrogens is 472 g/mol. The third kappa shape index (κ3) is 5.27. The van der Waals surface area contributed by atoms with E-state index in [-0.39, 0.29) is 5.41 Å². The summed E-state index contributed by atoms with van der Waals surface area (Å²) in [6.07, 6.45) is 14.8. The minimum atomic E-state index is 0.221. The maximum atomic E-state index is 13.9. The van der Waals surface area contributed by atoms with Crippen LogP contribution in [0.4, 0.5) is 10.5 Å². The fourth-order valence-corrected chi connectivity index (χ4v) is 7.59. The average molecular weight is 517 g/mol. The lowest BCUT2D eigenvalue weighted by Gasteiger charge is -2.44. The van der Waals surface area contributed by atoms with Crippen molar-refractivity contribution in [3.63, 3.8) is 0 Å². The summed E-state index contributed by atoms with van der Waals surface area (Å²) >= 11 is 0. The number of likely N-dealkylation sites (N-methyl/N-ethyl adjacent to an activating group) is 1. The normalized spacial score (nSPS) is 28.9. The number of rotatable bonds is 8. The molecule has 0 bridgehead atoms. The summed E-state index contributed by atoms with van der Waals surface area (Å²) in [5.41, 5.74) is 2.80. The summed E-state index contributed by atoms with van der Waals surface area (Å²) in [6.45, 7) is 4.90. The van der Waals surface area contributed by atoms with E-state index in [0.717, 1.165) is 57.2 Å². The van der Waals surface area contributed by atoms with Gasteiger partial charge in [-0.15, -0.1) is 0 Å². The highest BCUT2D eigenvalue weighted by atomic mass is 16.2. The molecule has 1 aromatic carbocycles. The summed E-state index contributed by atoms with van der Waals surface area (Å²) < 4.78 is 0. The molecule has 2 aliphatic heterocycles. The lowest BCUT2D eigenvalue weighted by atomic mass is 9.65. The lowest BCUT2D eigenvalue weighted by molar-refractivity contribution is 0.123. The predicted octanol–water partition coefficient (Wildman–Crippen LogP) is 4.65. The summed E-state index contributed by atoms with van der Waals surface area (Å²) in [6, 6.07) is 12.2. The molecule has 7 nitrogen and oxygen atoms in total. The van der Waals surface area contributed by atoms with Crippen LogP contribution in [-0.2, 0) is 5.41 Å². The topological polar surface area (TPSA) is 55.8 Å². The molecule has 4 fully saturated rings. The Morgan fingerprint density at radius 2 is 1.63 bits per heavy atom. The van der Waals surface area contributed by atoms with Gasteiger partial charge < -0.3 is 19.6 Å². The number of nitrogens with zero attached hydrogens (tertiary/aromatic N) is 6. The van der Waals surface area contributed by atoms with E-state index >= 15 is 0 Å². The number of benzene rings is 1. The SMILES string of the molecule is CN(C)CC1(c2ccccc2)CCC(C2CN(C3CCN(c4cncnc4)CC3)C(=O)N2CC2CC2)CC1. The van der Waals surface area contributed by atoms with Crippen molar-refractivity contribution in [1.29, 1.82) is 0 Å². The molecule has 4 aliphatic rings. The highest BCUT2D eigenvalue weighted by Gasteiger charge is 2.48. The van der Waals surface area contributed by atoms with Gasteiger partial charge in [0, 0.05) is 44.2 Å². The third-order valence-corrected chi connectivity index (χ3v) is 9.78. The second kappa shape index (κ2) is 10.8. The van der Waals surface area contributed by atoms with Gasteiger partial charge in [-0.3, -0.25) is 0 Å². The summed E-state index contributed by atoms with van der Waals surface area (Å²) in [7, 11) is 4.41. The molecule has 1 aromatic heterocycles. The van der Waals surface area contributed by atoms with Crippen LogP contribution in [-0.4, -0.2) is 89.6 Å². The number of urea groups is 1. The van der Waals surface area contributed by atoms with E-state index in [2.05, 4.69) is 74.0 Å². The number of amides is 2. The molecule has 0 radical (unpaired) electrons. The van der Waals surface area contributed by atoms with E-state index in [1.165, 1.54) is 44.1 Å². The van der Waals surface area contributed by atoms with Crippen molar-refractivity contribution in [1.82, 2.24) is 24.7 Å². The second-order valence-corrected chi connectivity index (χ2v) is 12.6. The predicted molar refractivity (Wildman–Crippen MR) is 151 cm³/mol. The van der Waals surface area contributed by atoms with E-state index < -0.39 is 0 Å². The molecule has 204 valence electrons. The molecule has 2 saturated carbocycles. The van der Waals surface area contributed by atoms with E-state index in [0.29, 0.717) is 24.0 Å². The van der Waals surface area contributed by atoms with Gasteiger partial charge in [0.25, 0.3) is 0 Å². The molecule has 2 aliphatic carbocycles. The zero-order chi connectivity index (χ0) is 26.1. The van der Waals surface area contributed by atoms with Gasteiger partial charge in [-0.2, -0.15) is 0 Å². The number of aromatic nitrogens is 2. The average Bonchev–Trinajstić information content (AvgIpc) is 3.72. The van der Waals surface area contributed by atoms with Gasteiger partial charge in [-0.25, -0.2) is 14.8 Å². The van der Waals surface area contributed by atoms with Crippen LogP contribution < -0.4 is 4.90 Å². The van der Waals surface area contributed by atoms with Crippen molar-refractivity contribution in [3.8, 4) is 0 Å². The largest absolute Gasteiger partial charge is 0.369 e. The Morgan fingerprint density at radius 1 is 0.947 bits per heavy atom. The van der Waals surface area contributed by atoms with Crippen molar-refractivity contribution in [3.05, 3.63) is 54.6 Å². The fourth-order valence-electron chi connectivity index (χ4n) is 7.59. The van der Waals surface area contributed by atoms with Gasteiger partial charge in [-0.1, -0.05) is 30.3 Å². The monoisotopic (exact) mass is 516 g/mol. The van der Waals surface area contributed by atoms with Gasteiger partial charge in [0.1, 0.15) is 6.33 Å². The maximum Gasteiger partial charge on any atom is 0.320 e. The quantitative estimate of drug-likeness (QED) is 0.511. The summed E-state index contributed by atoms with van der Waals surface area (Å²) in [4.78, 5) is 31.6. The molecular formula is C31H44N6O. The lowest BCUT2D eigenvalue weighted by Crippen LogP contribution is -2.47. The molecule has 0 N–H and O–H groups in total. The van der Waals surface area contributed by atoms with E-state index in [4.69, 9.17) is 0 Å². The fraction of sp³-hybridized carbons (Fsp3) is 0.645. The van der Waals surface area contributed by atoms with Crippen LogP contribution in [0.2, 0.25) is 0 Å². The minimum Gasteiger partial charge on any atom is -0.369 e. The minimum absolute atomic E-state index is 0.221. The Morgan fingerprint density at radius 3 is 2.26 bits per heavy atom. The van der Waals surface area contributed by atoms with E-state index in [1.54, 1.807) is 6.33 Å². The Labute approximate surface area is 228 Å². The van der Waals surface area contributed by atoms with Gasteiger partial charge in [0.05, 0.1) is 24.1 Å². The summed E-state index contributed by atoms with van der Waals surface area (Å²) in [5, 5.41) is 0. The first-order valence-corrected chi connectivity index (χ1v) is 14.8. The zero-order valence-corrected chi connectivity index (χ0v) is 23.2. The smallest absolute Gasteiger partial charge is 0.320 e. The highest BCUT2D eigenvalue weighted by molar-refractivity contribution is 5.78. The number of anilines is 1. The Hall–Kier alpha value is -2.67. The zero-order valence-electron chi connectivity index (χ0n) is 23.2. The van der Waals surface area contributed by atoms with Crippen molar-refractivity contribution < 1.29 is 4.79 Å². The second-order valence-electron chi connectivity index (χ2n) is 12.6. The molecule has 2 aromatic rings. The van der Waals surface area contributed by atoms with Crippen LogP contribution in [0.3, 0.4) is 0 Å². The first-order chi connectivity index (χ1) is 18.5. The molecule has 2 amide bonds. The molecule has 2 saturated heterocycles. The maximum absolute atomic E-state index is 13.9. The van der Waals surface area contributed by atoms with Crippen LogP contribution in [0.1, 0.15) is 56.9 Å². The van der Waals surface area contributed by atoms with Gasteiger partial charge in [0.15, 0.2) is 0 Å². The third-order valence-electron chi connectivity index (χ3n) is 9.78. The number of piperidine rings is 1.